The molecule has 1 aliphatic rings. The van der Waals surface area contributed by atoms with E-state index in [1.54, 1.807) is 11.0 Å². The van der Waals surface area contributed by atoms with Crippen LogP contribution in [0.3, 0.4) is 0 Å². The van der Waals surface area contributed by atoms with Gasteiger partial charge in [0, 0.05) is 32.3 Å². The van der Waals surface area contributed by atoms with Crippen molar-refractivity contribution >= 4 is 15.9 Å². The van der Waals surface area contributed by atoms with Crippen molar-refractivity contribution in [3.05, 3.63) is 65.2 Å². The van der Waals surface area contributed by atoms with Gasteiger partial charge in [-0.3, -0.25) is 4.79 Å². The van der Waals surface area contributed by atoms with Gasteiger partial charge < -0.3 is 14.4 Å². The molecule has 1 amide bonds. The number of carbonyl (C=O) groups is 1. The second-order valence-corrected chi connectivity index (χ2v) is 9.42. The number of nitrogens with one attached hydrogen (secondary N) is 1. The molecule has 0 spiro atoms. The van der Waals surface area contributed by atoms with Crippen molar-refractivity contribution in [3.63, 3.8) is 0 Å². The average molecular weight is 447 g/mol. The highest BCUT2D eigenvalue weighted by Crippen LogP contribution is 2.21. The van der Waals surface area contributed by atoms with Gasteiger partial charge >= 0.3 is 0 Å². The fraction of sp³-hybridized carbons (Fsp3) is 0.435. The minimum Gasteiger partial charge on any atom is -0.383 e. The molecule has 0 atom stereocenters. The van der Waals surface area contributed by atoms with Crippen molar-refractivity contribution < 1.29 is 22.7 Å². The van der Waals surface area contributed by atoms with Crippen molar-refractivity contribution in [1.29, 1.82) is 0 Å². The summed E-state index contributed by atoms with van der Waals surface area (Å²) in [7, 11) is -2.19. The van der Waals surface area contributed by atoms with Crippen LogP contribution in [0.4, 0.5) is 0 Å². The Balaban J connectivity index is 1.60. The maximum absolute atomic E-state index is 13.1. The number of methoxy groups -OCH3 is 1. The molecule has 2 aromatic rings. The largest absolute Gasteiger partial charge is 0.383 e. The third kappa shape index (κ3) is 6.36. The summed E-state index contributed by atoms with van der Waals surface area (Å²) >= 11 is 0. The van der Waals surface area contributed by atoms with Crippen molar-refractivity contribution in [3.8, 4) is 0 Å². The quantitative estimate of drug-likeness (QED) is 0.599. The highest BCUT2D eigenvalue weighted by atomic mass is 32.2. The lowest BCUT2D eigenvalue weighted by molar-refractivity contribution is -0.000399. The van der Waals surface area contributed by atoms with Crippen LogP contribution in [0.1, 0.15) is 34.3 Å². The topological polar surface area (TPSA) is 84.9 Å². The number of likely N-dealkylation sites (tertiary alicyclic amines) is 1. The molecule has 7 nitrogen and oxygen atoms in total. The van der Waals surface area contributed by atoms with Gasteiger partial charge in [-0.25, -0.2) is 13.1 Å². The van der Waals surface area contributed by atoms with Gasteiger partial charge in [-0.1, -0.05) is 36.4 Å². The zero-order valence-corrected chi connectivity index (χ0v) is 18.9. The van der Waals surface area contributed by atoms with E-state index in [2.05, 4.69) is 4.72 Å². The van der Waals surface area contributed by atoms with Crippen LogP contribution in [0.2, 0.25) is 0 Å². The van der Waals surface area contributed by atoms with E-state index in [0.29, 0.717) is 25.3 Å². The van der Waals surface area contributed by atoms with Gasteiger partial charge in [0.15, 0.2) is 0 Å². The standard InChI is InChI=1S/C23H30N2O5S/c1-18-8-9-21(31(27,28)24-12-15-29-2)16-22(18)23(26)25-13-10-20(11-14-25)30-17-19-6-4-3-5-7-19/h3-9,16,20,24H,10-15,17H2,1-2H3. The average Bonchev–Trinajstić information content (AvgIpc) is 2.78. The summed E-state index contributed by atoms with van der Waals surface area (Å²) < 4.78 is 38.4. The second kappa shape index (κ2) is 10.9. The number of hydrogen-bond donors (Lipinski definition) is 1. The lowest BCUT2D eigenvalue weighted by Crippen LogP contribution is -2.41. The molecule has 8 heteroatoms. The Labute approximate surface area is 184 Å². The molecule has 0 saturated carbocycles. The van der Waals surface area contributed by atoms with E-state index in [-0.39, 0.29) is 30.1 Å². The first-order valence-corrected chi connectivity index (χ1v) is 11.9. The molecule has 1 heterocycles. The van der Waals surface area contributed by atoms with Crippen molar-refractivity contribution in [2.24, 2.45) is 0 Å². The number of rotatable bonds is 9. The van der Waals surface area contributed by atoms with Crippen LogP contribution in [0, 0.1) is 6.92 Å². The smallest absolute Gasteiger partial charge is 0.254 e. The molecule has 0 bridgehead atoms. The Kier molecular flexibility index (Phi) is 8.20. The number of piperidine rings is 1. The molecule has 31 heavy (non-hydrogen) atoms. The lowest BCUT2D eigenvalue weighted by atomic mass is 10.0. The molecule has 0 unspecified atom stereocenters. The van der Waals surface area contributed by atoms with Gasteiger partial charge in [-0.15, -0.1) is 0 Å². The fourth-order valence-corrected chi connectivity index (χ4v) is 4.58. The fourth-order valence-electron chi connectivity index (χ4n) is 3.54. The number of nitrogens with zero attached hydrogens (tertiary/aromatic N) is 1. The van der Waals surface area contributed by atoms with E-state index in [1.807, 2.05) is 37.3 Å². The van der Waals surface area contributed by atoms with Crippen LogP contribution in [0.25, 0.3) is 0 Å². The first-order chi connectivity index (χ1) is 14.9. The lowest BCUT2D eigenvalue weighted by Gasteiger charge is -2.32. The number of benzene rings is 2. The number of ether oxygens (including phenoxy) is 2. The Bertz CT molecular complexity index is 971. The molecule has 1 N–H and O–H groups in total. The molecule has 1 aliphatic heterocycles. The Hall–Kier alpha value is -2.26. The second-order valence-electron chi connectivity index (χ2n) is 7.66. The highest BCUT2D eigenvalue weighted by molar-refractivity contribution is 7.89. The number of sulfonamides is 1. The number of aryl methyl sites for hydroxylation is 1. The van der Waals surface area contributed by atoms with E-state index in [1.165, 1.54) is 19.2 Å². The van der Waals surface area contributed by atoms with Gasteiger partial charge in [0.05, 0.1) is 24.2 Å². The summed E-state index contributed by atoms with van der Waals surface area (Å²) in [6.45, 7) is 4.00. The monoisotopic (exact) mass is 446 g/mol. The summed E-state index contributed by atoms with van der Waals surface area (Å²) in [5, 5.41) is 0. The molecule has 2 aromatic carbocycles. The number of amides is 1. The van der Waals surface area contributed by atoms with Crippen molar-refractivity contribution in [2.45, 2.75) is 37.4 Å². The molecule has 168 valence electrons. The summed E-state index contributed by atoms with van der Waals surface area (Å²) in [5.74, 6) is -0.145. The third-order valence-electron chi connectivity index (χ3n) is 5.41. The predicted octanol–water partition coefficient (Wildman–Crippen LogP) is 2.74. The first-order valence-electron chi connectivity index (χ1n) is 10.4. The zero-order chi connectivity index (χ0) is 22.3. The van der Waals surface area contributed by atoms with Crippen molar-refractivity contribution in [2.75, 3.05) is 33.4 Å². The van der Waals surface area contributed by atoms with E-state index in [4.69, 9.17) is 9.47 Å². The van der Waals surface area contributed by atoms with E-state index in [0.717, 1.165) is 24.0 Å². The van der Waals surface area contributed by atoms with Crippen LogP contribution in [-0.4, -0.2) is 58.7 Å². The van der Waals surface area contributed by atoms with Crippen LogP contribution in [0.15, 0.2) is 53.4 Å². The van der Waals surface area contributed by atoms with Crippen molar-refractivity contribution in [1.82, 2.24) is 9.62 Å². The van der Waals surface area contributed by atoms with Gasteiger partial charge in [-0.2, -0.15) is 0 Å². The number of carbonyl (C=O) groups excluding carboxylic acids is 1. The molecule has 0 aliphatic carbocycles. The minimum absolute atomic E-state index is 0.0821. The molecule has 1 fully saturated rings. The van der Waals surface area contributed by atoms with Crippen LogP contribution in [-0.2, 0) is 26.1 Å². The van der Waals surface area contributed by atoms with E-state index >= 15 is 0 Å². The van der Waals surface area contributed by atoms with Gasteiger partial charge in [0.2, 0.25) is 10.0 Å². The number of hydrogen-bond acceptors (Lipinski definition) is 5. The molecular weight excluding hydrogens is 416 g/mol. The molecule has 0 aromatic heterocycles. The molecule has 3 rings (SSSR count). The molecular formula is C23H30N2O5S. The zero-order valence-electron chi connectivity index (χ0n) is 18.0. The minimum atomic E-state index is -3.70. The summed E-state index contributed by atoms with van der Waals surface area (Å²) in [5.41, 5.74) is 2.30. The first kappa shape index (κ1) is 23.4. The highest BCUT2D eigenvalue weighted by Gasteiger charge is 2.26. The Morgan fingerprint density at radius 1 is 1.13 bits per heavy atom. The van der Waals surface area contributed by atoms with Gasteiger partial charge in [0.1, 0.15) is 0 Å². The van der Waals surface area contributed by atoms with Crippen LogP contribution < -0.4 is 4.72 Å². The summed E-state index contributed by atoms with van der Waals surface area (Å²) in [6.07, 6.45) is 1.63. The predicted molar refractivity (Wildman–Crippen MR) is 118 cm³/mol. The third-order valence-corrected chi connectivity index (χ3v) is 6.86. The molecule has 0 radical (unpaired) electrons. The SMILES string of the molecule is COCCNS(=O)(=O)c1ccc(C)c(C(=O)N2CCC(OCc3ccccc3)CC2)c1. The summed E-state index contributed by atoms with van der Waals surface area (Å²) in [6, 6.07) is 14.7. The maximum Gasteiger partial charge on any atom is 0.254 e. The van der Waals surface area contributed by atoms with E-state index in [9.17, 15) is 13.2 Å². The molecule has 1 saturated heterocycles. The maximum atomic E-state index is 13.1. The normalized spacial score (nSPS) is 15.2. The Morgan fingerprint density at radius 3 is 2.52 bits per heavy atom. The van der Waals surface area contributed by atoms with Gasteiger partial charge in [-0.05, 0) is 43.0 Å². The summed E-state index contributed by atoms with van der Waals surface area (Å²) in [4.78, 5) is 15.0. The van der Waals surface area contributed by atoms with Crippen LogP contribution in [0.5, 0.6) is 0 Å². The Morgan fingerprint density at radius 2 is 1.84 bits per heavy atom. The van der Waals surface area contributed by atoms with Gasteiger partial charge in [0.25, 0.3) is 5.91 Å². The van der Waals surface area contributed by atoms with E-state index < -0.39 is 10.0 Å². The van der Waals surface area contributed by atoms with Crippen LogP contribution >= 0.6 is 0 Å².